The van der Waals surface area contributed by atoms with Crippen LogP contribution in [0.3, 0.4) is 0 Å². The standard InChI is InChI=1S/C14H15NO3/c1-9-7-11(16)13(12(17)8-9)14(18)15-10-5-3-2-4-6-10/h2-6,9,13H,7-8H2,1H3,(H,15,18). The van der Waals surface area contributed by atoms with Gasteiger partial charge in [0.05, 0.1) is 0 Å². The Bertz CT molecular complexity index is 463. The number of Topliss-reactive ketones (excluding diaryl/α,β-unsaturated/α-hetero) is 2. The normalized spacial score (nSPS) is 23.8. The van der Waals surface area contributed by atoms with Crippen LogP contribution in [-0.4, -0.2) is 17.5 Å². The van der Waals surface area contributed by atoms with Gasteiger partial charge in [-0.05, 0) is 18.1 Å². The van der Waals surface area contributed by atoms with E-state index in [1.807, 2.05) is 13.0 Å². The predicted molar refractivity (Wildman–Crippen MR) is 67.0 cm³/mol. The second kappa shape index (κ2) is 5.12. The second-order valence-electron chi connectivity index (χ2n) is 4.73. The van der Waals surface area contributed by atoms with E-state index in [9.17, 15) is 14.4 Å². The van der Waals surface area contributed by atoms with Gasteiger partial charge in [0.2, 0.25) is 5.91 Å². The minimum absolute atomic E-state index is 0.0470. The predicted octanol–water partition coefficient (Wildman–Crippen LogP) is 1.81. The molecule has 0 spiro atoms. The number of rotatable bonds is 2. The first kappa shape index (κ1) is 12.5. The highest BCUT2D eigenvalue weighted by Crippen LogP contribution is 2.23. The minimum Gasteiger partial charge on any atom is -0.325 e. The number of hydrogen-bond acceptors (Lipinski definition) is 3. The number of carbonyl (C=O) groups excluding carboxylic acids is 3. The van der Waals surface area contributed by atoms with Crippen LogP contribution in [-0.2, 0) is 14.4 Å². The largest absolute Gasteiger partial charge is 0.325 e. The van der Waals surface area contributed by atoms with Gasteiger partial charge in [-0.25, -0.2) is 0 Å². The van der Waals surface area contributed by atoms with Crippen molar-refractivity contribution < 1.29 is 14.4 Å². The minimum atomic E-state index is -1.12. The molecule has 4 heteroatoms. The Morgan fingerprint density at radius 1 is 1.11 bits per heavy atom. The Morgan fingerprint density at radius 3 is 2.22 bits per heavy atom. The third-order valence-corrected chi connectivity index (χ3v) is 3.05. The second-order valence-corrected chi connectivity index (χ2v) is 4.73. The molecule has 1 saturated carbocycles. The van der Waals surface area contributed by atoms with Crippen molar-refractivity contribution in [1.82, 2.24) is 0 Å². The molecular formula is C14H15NO3. The number of benzene rings is 1. The highest BCUT2D eigenvalue weighted by molar-refractivity contribution is 6.23. The van der Waals surface area contributed by atoms with Gasteiger partial charge in [-0.2, -0.15) is 0 Å². The van der Waals surface area contributed by atoms with E-state index in [1.165, 1.54) is 0 Å². The van der Waals surface area contributed by atoms with E-state index in [0.717, 1.165) is 0 Å². The Labute approximate surface area is 105 Å². The molecule has 1 aromatic rings. The van der Waals surface area contributed by atoms with Crippen molar-refractivity contribution in [2.45, 2.75) is 19.8 Å². The van der Waals surface area contributed by atoms with Gasteiger partial charge in [-0.1, -0.05) is 25.1 Å². The van der Waals surface area contributed by atoms with Crippen LogP contribution in [0.25, 0.3) is 0 Å². The molecule has 18 heavy (non-hydrogen) atoms. The van der Waals surface area contributed by atoms with Crippen LogP contribution in [0.2, 0.25) is 0 Å². The van der Waals surface area contributed by atoms with E-state index in [4.69, 9.17) is 0 Å². The van der Waals surface area contributed by atoms with Crippen LogP contribution in [0.4, 0.5) is 5.69 Å². The molecule has 2 rings (SSSR count). The summed E-state index contributed by atoms with van der Waals surface area (Å²) < 4.78 is 0. The van der Waals surface area contributed by atoms with Gasteiger partial charge < -0.3 is 5.32 Å². The molecule has 94 valence electrons. The molecule has 0 atom stereocenters. The Balaban J connectivity index is 2.09. The fourth-order valence-corrected chi connectivity index (χ4v) is 2.20. The number of para-hydroxylation sites is 1. The first-order chi connectivity index (χ1) is 8.58. The summed E-state index contributed by atoms with van der Waals surface area (Å²) in [6.45, 7) is 1.85. The molecule has 1 aliphatic rings. The summed E-state index contributed by atoms with van der Waals surface area (Å²) in [5.74, 6) is -2.13. The van der Waals surface area contributed by atoms with Gasteiger partial charge in [-0.3, -0.25) is 14.4 Å². The smallest absolute Gasteiger partial charge is 0.242 e. The average molecular weight is 245 g/mol. The van der Waals surface area contributed by atoms with Gasteiger partial charge in [0.15, 0.2) is 17.5 Å². The van der Waals surface area contributed by atoms with Crippen molar-refractivity contribution in [3.05, 3.63) is 30.3 Å². The van der Waals surface area contributed by atoms with E-state index >= 15 is 0 Å². The van der Waals surface area contributed by atoms with E-state index in [1.54, 1.807) is 24.3 Å². The van der Waals surface area contributed by atoms with Crippen molar-refractivity contribution in [3.63, 3.8) is 0 Å². The highest BCUT2D eigenvalue weighted by atomic mass is 16.2. The molecule has 0 bridgehead atoms. The zero-order valence-corrected chi connectivity index (χ0v) is 10.2. The lowest BCUT2D eigenvalue weighted by Crippen LogP contribution is -2.40. The Hall–Kier alpha value is -1.97. The van der Waals surface area contributed by atoms with Crippen molar-refractivity contribution in [2.75, 3.05) is 5.32 Å². The summed E-state index contributed by atoms with van der Waals surface area (Å²) in [6, 6.07) is 8.83. The highest BCUT2D eigenvalue weighted by Gasteiger charge is 2.38. The first-order valence-electron chi connectivity index (χ1n) is 5.99. The van der Waals surface area contributed by atoms with Crippen molar-refractivity contribution in [2.24, 2.45) is 11.8 Å². The van der Waals surface area contributed by atoms with Crippen LogP contribution in [0.15, 0.2) is 30.3 Å². The van der Waals surface area contributed by atoms with Gasteiger partial charge in [0.25, 0.3) is 0 Å². The van der Waals surface area contributed by atoms with Gasteiger partial charge in [-0.15, -0.1) is 0 Å². The molecule has 1 amide bonds. The molecule has 0 radical (unpaired) electrons. The Morgan fingerprint density at radius 2 is 1.67 bits per heavy atom. The van der Waals surface area contributed by atoms with E-state index < -0.39 is 11.8 Å². The third-order valence-electron chi connectivity index (χ3n) is 3.05. The van der Waals surface area contributed by atoms with Crippen molar-refractivity contribution in [1.29, 1.82) is 0 Å². The lowest BCUT2D eigenvalue weighted by molar-refractivity contribution is -0.142. The number of amides is 1. The fraction of sp³-hybridized carbons (Fsp3) is 0.357. The summed E-state index contributed by atoms with van der Waals surface area (Å²) in [7, 11) is 0. The maximum atomic E-state index is 11.9. The lowest BCUT2D eigenvalue weighted by atomic mass is 9.80. The topological polar surface area (TPSA) is 63.2 Å². The third kappa shape index (κ3) is 2.64. The van der Waals surface area contributed by atoms with Crippen LogP contribution in [0.5, 0.6) is 0 Å². The molecule has 1 N–H and O–H groups in total. The van der Waals surface area contributed by atoms with Crippen molar-refractivity contribution >= 4 is 23.2 Å². The summed E-state index contributed by atoms with van der Waals surface area (Å²) >= 11 is 0. The molecule has 4 nitrogen and oxygen atoms in total. The molecule has 1 fully saturated rings. The zero-order valence-electron chi connectivity index (χ0n) is 10.2. The maximum absolute atomic E-state index is 11.9. The molecule has 0 aromatic heterocycles. The first-order valence-corrected chi connectivity index (χ1v) is 5.99. The summed E-state index contributed by atoms with van der Waals surface area (Å²) in [6.07, 6.45) is 0.608. The van der Waals surface area contributed by atoms with Crippen molar-refractivity contribution in [3.8, 4) is 0 Å². The summed E-state index contributed by atoms with van der Waals surface area (Å²) in [5.41, 5.74) is 0.599. The number of nitrogens with one attached hydrogen (secondary N) is 1. The molecule has 0 heterocycles. The molecule has 1 aromatic carbocycles. The zero-order chi connectivity index (χ0) is 13.1. The molecular weight excluding hydrogens is 230 g/mol. The van der Waals surface area contributed by atoms with E-state index in [0.29, 0.717) is 18.5 Å². The molecule has 0 unspecified atom stereocenters. The monoisotopic (exact) mass is 245 g/mol. The van der Waals surface area contributed by atoms with Crippen LogP contribution in [0, 0.1) is 11.8 Å². The number of anilines is 1. The van der Waals surface area contributed by atoms with Gasteiger partial charge in [0.1, 0.15) is 0 Å². The van der Waals surface area contributed by atoms with Gasteiger partial charge >= 0.3 is 0 Å². The average Bonchev–Trinajstić information content (AvgIpc) is 2.28. The van der Waals surface area contributed by atoms with Crippen LogP contribution >= 0.6 is 0 Å². The van der Waals surface area contributed by atoms with Crippen LogP contribution in [0.1, 0.15) is 19.8 Å². The number of ketones is 2. The van der Waals surface area contributed by atoms with E-state index in [2.05, 4.69) is 5.32 Å². The quantitative estimate of drug-likeness (QED) is 0.808. The Kier molecular flexibility index (Phi) is 3.55. The van der Waals surface area contributed by atoms with Gasteiger partial charge in [0, 0.05) is 18.5 Å². The molecule has 0 aliphatic heterocycles. The lowest BCUT2D eigenvalue weighted by Gasteiger charge is -2.23. The molecule has 1 aliphatic carbocycles. The maximum Gasteiger partial charge on any atom is 0.242 e. The SMILES string of the molecule is CC1CC(=O)C(C(=O)Nc2ccccc2)C(=O)C1. The van der Waals surface area contributed by atoms with Crippen LogP contribution < -0.4 is 5.32 Å². The number of carbonyl (C=O) groups is 3. The summed E-state index contributed by atoms with van der Waals surface area (Å²) in [5, 5.41) is 2.61. The molecule has 0 saturated heterocycles. The number of hydrogen-bond donors (Lipinski definition) is 1. The summed E-state index contributed by atoms with van der Waals surface area (Å²) in [4.78, 5) is 35.5. The van der Waals surface area contributed by atoms with E-state index in [-0.39, 0.29) is 17.5 Å². The fourth-order valence-electron chi connectivity index (χ4n) is 2.20.